The molecule has 1 aliphatic heterocycles. The van der Waals surface area contributed by atoms with E-state index in [2.05, 4.69) is 71.6 Å². The predicted molar refractivity (Wildman–Crippen MR) is 117 cm³/mol. The van der Waals surface area contributed by atoms with Crippen LogP contribution in [0.3, 0.4) is 0 Å². The number of phenols is 1. The average Bonchev–Trinajstić information content (AvgIpc) is 2.76. The van der Waals surface area contributed by atoms with Gasteiger partial charge in [0.2, 0.25) is 0 Å². The molecule has 0 spiro atoms. The van der Waals surface area contributed by atoms with E-state index in [1.165, 1.54) is 41.0 Å². The molecule has 28 heavy (non-hydrogen) atoms. The number of phenolic OH excluding ortho intramolecular Hbond substituents is 1. The normalized spacial score (nSPS) is 16.4. The van der Waals surface area contributed by atoms with Crippen LogP contribution in [0, 0.1) is 0 Å². The third kappa shape index (κ3) is 2.94. The molecule has 1 saturated heterocycles. The van der Waals surface area contributed by atoms with Crippen LogP contribution in [0.5, 0.6) is 5.75 Å². The lowest BCUT2D eigenvalue weighted by Crippen LogP contribution is -2.34. The highest BCUT2D eigenvalue weighted by Crippen LogP contribution is 2.42. The standard InChI is InChI=1S/C26H25NO/c28-24-16-15-20-10-3-5-13-22(20)25(24)26(27-17-6-1-7-18-27)23-14-8-11-19-9-2-4-12-21(19)23/h2-5,8-16,26,28H,1,6-7,17-18H2/t26-/m1/s1. The summed E-state index contributed by atoms with van der Waals surface area (Å²) in [6, 6.07) is 27.5. The fraction of sp³-hybridized carbons (Fsp3) is 0.231. The van der Waals surface area contributed by atoms with Crippen molar-refractivity contribution in [2.75, 3.05) is 13.1 Å². The lowest BCUT2D eigenvalue weighted by atomic mass is 9.88. The first-order chi connectivity index (χ1) is 13.8. The number of aromatic hydroxyl groups is 1. The monoisotopic (exact) mass is 367 g/mol. The Morgan fingerprint density at radius 1 is 0.643 bits per heavy atom. The van der Waals surface area contributed by atoms with Crippen LogP contribution in [0.15, 0.2) is 78.9 Å². The van der Waals surface area contributed by atoms with Gasteiger partial charge >= 0.3 is 0 Å². The second-order valence-electron chi connectivity index (χ2n) is 7.79. The Labute approximate surface area is 166 Å². The Bertz CT molecular complexity index is 1120. The molecule has 1 atom stereocenters. The van der Waals surface area contributed by atoms with E-state index in [0.717, 1.165) is 24.0 Å². The molecular formula is C26H25NO. The summed E-state index contributed by atoms with van der Waals surface area (Å²) in [4.78, 5) is 2.56. The van der Waals surface area contributed by atoms with Gasteiger partial charge in [0.25, 0.3) is 0 Å². The summed E-state index contributed by atoms with van der Waals surface area (Å²) in [5.41, 5.74) is 2.32. The van der Waals surface area contributed by atoms with Crippen LogP contribution >= 0.6 is 0 Å². The van der Waals surface area contributed by atoms with Gasteiger partial charge in [-0.05, 0) is 59.1 Å². The molecule has 2 nitrogen and oxygen atoms in total. The van der Waals surface area contributed by atoms with E-state index in [0.29, 0.717) is 5.75 Å². The van der Waals surface area contributed by atoms with Crippen LogP contribution in [-0.2, 0) is 0 Å². The number of piperidine rings is 1. The molecule has 0 saturated carbocycles. The summed E-state index contributed by atoms with van der Waals surface area (Å²) in [6.45, 7) is 2.13. The Kier molecular flexibility index (Phi) is 4.50. The summed E-state index contributed by atoms with van der Waals surface area (Å²) >= 11 is 0. The first-order valence-corrected chi connectivity index (χ1v) is 10.3. The summed E-state index contributed by atoms with van der Waals surface area (Å²) < 4.78 is 0. The number of hydrogen-bond donors (Lipinski definition) is 1. The van der Waals surface area contributed by atoms with Crippen molar-refractivity contribution >= 4 is 21.5 Å². The SMILES string of the molecule is Oc1ccc2ccccc2c1[C@@H](c1cccc2ccccc12)N1CCCCC1. The van der Waals surface area contributed by atoms with Gasteiger partial charge in [-0.3, -0.25) is 4.90 Å². The summed E-state index contributed by atoms with van der Waals surface area (Å²) in [5.74, 6) is 0.391. The van der Waals surface area contributed by atoms with Crippen molar-refractivity contribution in [2.45, 2.75) is 25.3 Å². The van der Waals surface area contributed by atoms with Gasteiger partial charge in [-0.2, -0.15) is 0 Å². The number of hydrogen-bond acceptors (Lipinski definition) is 2. The van der Waals surface area contributed by atoms with Gasteiger partial charge in [0.05, 0.1) is 6.04 Å². The Morgan fingerprint density at radius 3 is 2.07 bits per heavy atom. The van der Waals surface area contributed by atoms with E-state index in [4.69, 9.17) is 0 Å². The molecule has 2 heteroatoms. The smallest absolute Gasteiger partial charge is 0.121 e. The fourth-order valence-electron chi connectivity index (χ4n) is 4.77. The number of nitrogens with zero attached hydrogens (tertiary/aromatic N) is 1. The zero-order valence-electron chi connectivity index (χ0n) is 16.0. The minimum atomic E-state index is 0.0532. The number of fused-ring (bicyclic) bond motifs is 2. The highest BCUT2D eigenvalue weighted by Gasteiger charge is 2.29. The minimum absolute atomic E-state index is 0.0532. The lowest BCUT2D eigenvalue weighted by molar-refractivity contribution is 0.187. The van der Waals surface area contributed by atoms with E-state index >= 15 is 0 Å². The van der Waals surface area contributed by atoms with E-state index < -0.39 is 0 Å². The molecule has 4 aromatic carbocycles. The van der Waals surface area contributed by atoms with E-state index in [-0.39, 0.29) is 6.04 Å². The molecule has 0 radical (unpaired) electrons. The highest BCUT2D eigenvalue weighted by molar-refractivity contribution is 5.91. The Morgan fingerprint density at radius 2 is 1.29 bits per heavy atom. The largest absolute Gasteiger partial charge is 0.508 e. The van der Waals surface area contributed by atoms with E-state index in [9.17, 15) is 5.11 Å². The molecule has 0 aliphatic carbocycles. The van der Waals surface area contributed by atoms with Gasteiger partial charge in [0.15, 0.2) is 0 Å². The third-order valence-electron chi connectivity index (χ3n) is 6.09. The second kappa shape index (κ2) is 7.29. The molecule has 4 aromatic rings. The number of rotatable bonds is 3. The van der Waals surface area contributed by atoms with Crippen molar-refractivity contribution in [3.8, 4) is 5.75 Å². The Hall–Kier alpha value is -2.84. The predicted octanol–water partition coefficient (Wildman–Crippen LogP) is 6.27. The molecule has 1 fully saturated rings. The summed E-state index contributed by atoms with van der Waals surface area (Å²) in [6.07, 6.45) is 3.72. The van der Waals surface area contributed by atoms with Gasteiger partial charge in [-0.15, -0.1) is 0 Å². The van der Waals surface area contributed by atoms with Crippen LogP contribution in [0.25, 0.3) is 21.5 Å². The number of likely N-dealkylation sites (tertiary alicyclic amines) is 1. The highest BCUT2D eigenvalue weighted by atomic mass is 16.3. The van der Waals surface area contributed by atoms with Crippen LogP contribution in [0.2, 0.25) is 0 Å². The van der Waals surface area contributed by atoms with Gasteiger partial charge in [-0.25, -0.2) is 0 Å². The van der Waals surface area contributed by atoms with E-state index in [1.54, 1.807) is 0 Å². The fourth-order valence-corrected chi connectivity index (χ4v) is 4.77. The molecular weight excluding hydrogens is 342 g/mol. The average molecular weight is 367 g/mol. The van der Waals surface area contributed by atoms with Crippen molar-refractivity contribution < 1.29 is 5.11 Å². The zero-order chi connectivity index (χ0) is 18.9. The molecule has 1 aliphatic rings. The van der Waals surface area contributed by atoms with Crippen LogP contribution in [0.1, 0.15) is 36.4 Å². The Balaban J connectivity index is 1.80. The quantitative estimate of drug-likeness (QED) is 0.461. The maximum Gasteiger partial charge on any atom is 0.121 e. The molecule has 1 N–H and O–H groups in total. The van der Waals surface area contributed by atoms with Crippen molar-refractivity contribution in [1.82, 2.24) is 4.90 Å². The third-order valence-corrected chi connectivity index (χ3v) is 6.09. The van der Waals surface area contributed by atoms with Crippen LogP contribution < -0.4 is 0 Å². The maximum atomic E-state index is 11.0. The molecule has 0 aromatic heterocycles. The first kappa shape index (κ1) is 17.3. The molecule has 140 valence electrons. The summed E-state index contributed by atoms with van der Waals surface area (Å²) in [7, 11) is 0. The van der Waals surface area contributed by atoms with Gasteiger partial charge in [0, 0.05) is 5.56 Å². The maximum absolute atomic E-state index is 11.0. The van der Waals surface area contributed by atoms with Gasteiger partial charge in [-0.1, -0.05) is 79.2 Å². The first-order valence-electron chi connectivity index (χ1n) is 10.3. The van der Waals surface area contributed by atoms with Crippen molar-refractivity contribution in [2.24, 2.45) is 0 Å². The minimum Gasteiger partial charge on any atom is -0.508 e. The molecule has 1 heterocycles. The van der Waals surface area contributed by atoms with Crippen molar-refractivity contribution in [1.29, 1.82) is 0 Å². The van der Waals surface area contributed by atoms with Gasteiger partial charge in [0.1, 0.15) is 5.75 Å². The molecule has 0 unspecified atom stereocenters. The van der Waals surface area contributed by atoms with Crippen molar-refractivity contribution in [3.63, 3.8) is 0 Å². The molecule has 0 amide bonds. The van der Waals surface area contributed by atoms with Crippen molar-refractivity contribution in [3.05, 3.63) is 90.0 Å². The van der Waals surface area contributed by atoms with E-state index in [1.807, 2.05) is 12.1 Å². The van der Waals surface area contributed by atoms with Crippen LogP contribution in [-0.4, -0.2) is 23.1 Å². The zero-order valence-corrected chi connectivity index (χ0v) is 16.0. The van der Waals surface area contributed by atoms with Crippen LogP contribution in [0.4, 0.5) is 0 Å². The summed E-state index contributed by atoms with van der Waals surface area (Å²) in [5, 5.41) is 15.9. The second-order valence-corrected chi connectivity index (χ2v) is 7.79. The number of benzene rings is 4. The van der Waals surface area contributed by atoms with Gasteiger partial charge < -0.3 is 5.11 Å². The molecule has 0 bridgehead atoms. The topological polar surface area (TPSA) is 23.5 Å². The molecule has 5 rings (SSSR count). The lowest BCUT2D eigenvalue weighted by Gasteiger charge is -2.36.